The normalized spacial score (nSPS) is 17.9. The predicted molar refractivity (Wildman–Crippen MR) is 76.7 cm³/mol. The highest BCUT2D eigenvalue weighted by Gasteiger charge is 2.37. The molecule has 7 heteroatoms. The Morgan fingerprint density at radius 3 is 2.55 bits per heavy atom. The highest BCUT2D eigenvalue weighted by molar-refractivity contribution is 7.89. The van der Waals surface area contributed by atoms with Crippen LogP contribution in [0.2, 0.25) is 5.02 Å². The van der Waals surface area contributed by atoms with E-state index in [4.69, 9.17) is 21.1 Å². The number of rotatable bonds is 5. The molecule has 0 radical (unpaired) electrons. The van der Waals surface area contributed by atoms with Crippen molar-refractivity contribution in [2.45, 2.75) is 11.8 Å². The standard InChI is InChI=1S/C13H18ClNO4S/c1-13(8-19-9-13)7-15(2)20(16,17)10-4-5-12(18-3)11(14)6-10/h4-6H,7-9H2,1-3H3. The molecule has 1 aliphatic rings. The van der Waals surface area contributed by atoms with E-state index in [2.05, 4.69) is 0 Å². The second-order valence-corrected chi connectivity index (χ2v) is 7.81. The molecule has 0 spiro atoms. The van der Waals surface area contributed by atoms with Gasteiger partial charge in [-0.3, -0.25) is 0 Å². The first-order valence-corrected chi connectivity index (χ1v) is 7.98. The molecule has 0 aromatic heterocycles. The lowest BCUT2D eigenvalue weighted by atomic mass is 9.89. The fraction of sp³-hybridized carbons (Fsp3) is 0.538. The average Bonchev–Trinajstić information content (AvgIpc) is 2.36. The van der Waals surface area contributed by atoms with Crippen molar-refractivity contribution in [1.82, 2.24) is 4.31 Å². The number of sulfonamides is 1. The van der Waals surface area contributed by atoms with Gasteiger partial charge >= 0.3 is 0 Å². The topological polar surface area (TPSA) is 55.8 Å². The largest absolute Gasteiger partial charge is 0.495 e. The zero-order chi connectivity index (χ0) is 15.0. The molecule has 1 heterocycles. The van der Waals surface area contributed by atoms with Crippen LogP contribution < -0.4 is 4.74 Å². The molecule has 5 nitrogen and oxygen atoms in total. The lowest BCUT2D eigenvalue weighted by Crippen LogP contribution is -2.49. The van der Waals surface area contributed by atoms with Gasteiger partial charge in [0.05, 0.1) is 30.2 Å². The van der Waals surface area contributed by atoms with Crippen molar-refractivity contribution < 1.29 is 17.9 Å². The van der Waals surface area contributed by atoms with Crippen LogP contribution >= 0.6 is 11.6 Å². The Balaban J connectivity index is 2.23. The van der Waals surface area contributed by atoms with E-state index < -0.39 is 10.0 Å². The minimum absolute atomic E-state index is 0.113. The molecule has 0 unspecified atom stereocenters. The molecule has 112 valence electrons. The molecule has 0 aliphatic carbocycles. The maximum absolute atomic E-state index is 12.5. The molecule has 0 atom stereocenters. The smallest absolute Gasteiger partial charge is 0.242 e. The van der Waals surface area contributed by atoms with Gasteiger partial charge < -0.3 is 9.47 Å². The third kappa shape index (κ3) is 2.93. The van der Waals surface area contributed by atoms with Crippen LogP contribution in [0.3, 0.4) is 0 Å². The minimum atomic E-state index is -3.56. The number of hydrogen-bond acceptors (Lipinski definition) is 4. The van der Waals surface area contributed by atoms with Crippen LogP contribution in [0.4, 0.5) is 0 Å². The van der Waals surface area contributed by atoms with E-state index in [1.807, 2.05) is 6.92 Å². The summed E-state index contributed by atoms with van der Waals surface area (Å²) in [5.74, 6) is 0.452. The van der Waals surface area contributed by atoms with Gasteiger partial charge in [-0.25, -0.2) is 12.7 Å². The molecule has 1 fully saturated rings. The van der Waals surface area contributed by atoms with E-state index in [-0.39, 0.29) is 15.3 Å². The van der Waals surface area contributed by atoms with Crippen molar-refractivity contribution in [3.63, 3.8) is 0 Å². The van der Waals surface area contributed by atoms with Crippen LogP contribution in [-0.4, -0.2) is 46.6 Å². The Morgan fingerprint density at radius 2 is 2.10 bits per heavy atom. The fourth-order valence-corrected chi connectivity index (χ4v) is 3.82. The van der Waals surface area contributed by atoms with Crippen molar-refractivity contribution in [2.24, 2.45) is 5.41 Å². The fourth-order valence-electron chi connectivity index (χ4n) is 2.15. The van der Waals surface area contributed by atoms with Gasteiger partial charge in [-0.15, -0.1) is 0 Å². The first-order valence-electron chi connectivity index (χ1n) is 6.16. The van der Waals surface area contributed by atoms with Crippen LogP contribution in [0.25, 0.3) is 0 Å². The Bertz CT molecular complexity index is 598. The lowest BCUT2D eigenvalue weighted by Gasteiger charge is -2.40. The Morgan fingerprint density at radius 1 is 1.45 bits per heavy atom. The summed E-state index contributed by atoms with van der Waals surface area (Å²) in [4.78, 5) is 0.162. The molecule has 0 N–H and O–H groups in total. The number of ether oxygens (including phenoxy) is 2. The SMILES string of the molecule is COc1ccc(S(=O)(=O)N(C)CC2(C)COC2)cc1Cl. The molecular formula is C13H18ClNO4S. The van der Waals surface area contributed by atoms with Crippen molar-refractivity contribution in [1.29, 1.82) is 0 Å². The van der Waals surface area contributed by atoms with Crippen molar-refractivity contribution >= 4 is 21.6 Å². The van der Waals surface area contributed by atoms with Crippen molar-refractivity contribution in [3.8, 4) is 5.75 Å². The molecular weight excluding hydrogens is 302 g/mol. The van der Waals surface area contributed by atoms with E-state index in [0.717, 1.165) is 0 Å². The molecule has 0 amide bonds. The highest BCUT2D eigenvalue weighted by atomic mass is 35.5. The first-order chi connectivity index (χ1) is 9.28. The van der Waals surface area contributed by atoms with Crippen LogP contribution in [0.15, 0.2) is 23.1 Å². The van der Waals surface area contributed by atoms with Gasteiger partial charge in [0.2, 0.25) is 10.0 Å². The number of hydrogen-bond donors (Lipinski definition) is 0. The molecule has 1 saturated heterocycles. The van der Waals surface area contributed by atoms with Crippen LogP contribution in [0.5, 0.6) is 5.75 Å². The number of halogens is 1. The summed E-state index contributed by atoms with van der Waals surface area (Å²) in [5.41, 5.74) is -0.113. The zero-order valence-corrected chi connectivity index (χ0v) is 13.3. The van der Waals surface area contributed by atoms with Gasteiger partial charge in [-0.1, -0.05) is 18.5 Å². The molecule has 2 rings (SSSR count). The minimum Gasteiger partial charge on any atom is -0.495 e. The second kappa shape index (κ2) is 5.52. The van der Waals surface area contributed by atoms with Crippen molar-refractivity contribution in [3.05, 3.63) is 23.2 Å². The first kappa shape index (κ1) is 15.6. The number of benzene rings is 1. The highest BCUT2D eigenvalue weighted by Crippen LogP contribution is 2.31. The Kier molecular flexibility index (Phi) is 4.30. The van der Waals surface area contributed by atoms with Gasteiger partial charge in [0, 0.05) is 19.0 Å². The summed E-state index contributed by atoms with van der Waals surface area (Å²) in [6.07, 6.45) is 0. The zero-order valence-electron chi connectivity index (χ0n) is 11.7. The van der Waals surface area contributed by atoms with Gasteiger partial charge in [-0.05, 0) is 18.2 Å². The third-order valence-corrected chi connectivity index (χ3v) is 5.43. The van der Waals surface area contributed by atoms with Crippen molar-refractivity contribution in [2.75, 3.05) is 33.9 Å². The summed E-state index contributed by atoms with van der Waals surface area (Å²) in [6, 6.07) is 4.46. The van der Waals surface area contributed by atoms with Crippen LogP contribution in [0, 0.1) is 5.41 Å². The van der Waals surface area contributed by atoms with Crippen LogP contribution in [0.1, 0.15) is 6.92 Å². The summed E-state index contributed by atoms with van der Waals surface area (Å²) in [5, 5.41) is 0.278. The molecule has 20 heavy (non-hydrogen) atoms. The summed E-state index contributed by atoms with van der Waals surface area (Å²) in [6.45, 7) is 3.58. The molecule has 1 aliphatic heterocycles. The predicted octanol–water partition coefficient (Wildman–Crippen LogP) is 2.01. The van der Waals surface area contributed by atoms with E-state index in [9.17, 15) is 8.42 Å². The summed E-state index contributed by atoms with van der Waals surface area (Å²) >= 11 is 5.98. The number of nitrogens with zero attached hydrogens (tertiary/aromatic N) is 1. The molecule has 0 bridgehead atoms. The summed E-state index contributed by atoms with van der Waals surface area (Å²) < 4.78 is 36.5. The van der Waals surface area contributed by atoms with Crippen LogP contribution in [-0.2, 0) is 14.8 Å². The number of methoxy groups -OCH3 is 1. The molecule has 0 saturated carbocycles. The Hall–Kier alpha value is -0.820. The third-order valence-electron chi connectivity index (χ3n) is 3.34. The van der Waals surface area contributed by atoms with E-state index in [1.54, 1.807) is 13.1 Å². The van der Waals surface area contributed by atoms with E-state index in [0.29, 0.717) is 25.5 Å². The monoisotopic (exact) mass is 319 g/mol. The quantitative estimate of drug-likeness (QED) is 0.833. The van der Waals surface area contributed by atoms with Gasteiger partial charge in [-0.2, -0.15) is 0 Å². The maximum atomic E-state index is 12.5. The maximum Gasteiger partial charge on any atom is 0.242 e. The van der Waals surface area contributed by atoms with Gasteiger partial charge in [0.15, 0.2) is 0 Å². The van der Waals surface area contributed by atoms with E-state index >= 15 is 0 Å². The molecule has 1 aromatic carbocycles. The summed E-state index contributed by atoms with van der Waals surface area (Å²) in [7, 11) is -0.507. The average molecular weight is 320 g/mol. The Labute approximate surface area is 124 Å². The van der Waals surface area contributed by atoms with Gasteiger partial charge in [0.25, 0.3) is 0 Å². The van der Waals surface area contributed by atoms with Gasteiger partial charge in [0.1, 0.15) is 5.75 Å². The second-order valence-electron chi connectivity index (χ2n) is 5.36. The molecule has 1 aromatic rings. The van der Waals surface area contributed by atoms with E-state index in [1.165, 1.54) is 23.5 Å². The lowest BCUT2D eigenvalue weighted by molar-refractivity contribution is -0.106.